The summed E-state index contributed by atoms with van der Waals surface area (Å²) in [6, 6.07) is 17.0. The molecule has 160 valence electrons. The summed E-state index contributed by atoms with van der Waals surface area (Å²) >= 11 is 0. The fraction of sp³-hybridized carbons (Fsp3) is 0.174. The zero-order chi connectivity index (χ0) is 22.2. The molecule has 0 bridgehead atoms. The lowest BCUT2D eigenvalue weighted by Crippen LogP contribution is -2.40. The summed E-state index contributed by atoms with van der Waals surface area (Å²) in [6.07, 6.45) is 0.0255. The highest BCUT2D eigenvalue weighted by Gasteiger charge is 2.36. The number of carbonyl (C=O) groups is 1. The molecule has 0 saturated carbocycles. The standard InChI is InChI=1S/C23H21FN2O4S/c1-15(2)30-18-10-8-17(9-11-18)25-23(27)14-26-21-12-7-16(24)13-20(21)19-5-3-4-6-22(19)31(26,28)29/h3-13,15H,14H2,1-2H3,(H,25,27). The van der Waals surface area contributed by atoms with Gasteiger partial charge in [-0.25, -0.2) is 12.8 Å². The second-order valence-electron chi connectivity index (χ2n) is 7.41. The minimum Gasteiger partial charge on any atom is -0.491 e. The van der Waals surface area contributed by atoms with Crippen molar-refractivity contribution in [1.29, 1.82) is 0 Å². The van der Waals surface area contributed by atoms with E-state index in [0.717, 1.165) is 4.31 Å². The highest BCUT2D eigenvalue weighted by atomic mass is 32.2. The minimum absolute atomic E-state index is 0.0255. The Morgan fingerprint density at radius 3 is 2.45 bits per heavy atom. The van der Waals surface area contributed by atoms with Crippen LogP contribution in [0.1, 0.15) is 13.8 Å². The van der Waals surface area contributed by atoms with Gasteiger partial charge >= 0.3 is 0 Å². The van der Waals surface area contributed by atoms with E-state index in [1.165, 1.54) is 24.3 Å². The number of nitrogens with one attached hydrogen (secondary N) is 1. The first-order valence-electron chi connectivity index (χ1n) is 9.74. The van der Waals surface area contributed by atoms with E-state index in [1.54, 1.807) is 42.5 Å². The Labute approximate surface area is 180 Å². The molecule has 0 aliphatic carbocycles. The fourth-order valence-electron chi connectivity index (χ4n) is 3.49. The zero-order valence-corrected chi connectivity index (χ0v) is 17.8. The van der Waals surface area contributed by atoms with Crippen LogP contribution in [0.4, 0.5) is 15.8 Å². The molecule has 1 heterocycles. The van der Waals surface area contributed by atoms with Gasteiger partial charge in [-0.2, -0.15) is 0 Å². The molecule has 1 N–H and O–H groups in total. The summed E-state index contributed by atoms with van der Waals surface area (Å²) in [5, 5.41) is 2.70. The maximum Gasteiger partial charge on any atom is 0.265 e. The number of hydrogen-bond acceptors (Lipinski definition) is 4. The lowest BCUT2D eigenvalue weighted by molar-refractivity contribution is -0.114. The smallest absolute Gasteiger partial charge is 0.265 e. The number of rotatable bonds is 5. The minimum atomic E-state index is -3.99. The molecule has 1 aliphatic heterocycles. The van der Waals surface area contributed by atoms with Crippen molar-refractivity contribution in [3.8, 4) is 16.9 Å². The summed E-state index contributed by atoms with van der Waals surface area (Å²) < 4.78 is 46.9. The average Bonchev–Trinajstić information content (AvgIpc) is 2.72. The van der Waals surface area contributed by atoms with Gasteiger partial charge in [0.2, 0.25) is 5.91 Å². The van der Waals surface area contributed by atoms with E-state index in [4.69, 9.17) is 4.74 Å². The van der Waals surface area contributed by atoms with Crippen LogP contribution < -0.4 is 14.4 Å². The number of carbonyl (C=O) groups excluding carboxylic acids is 1. The van der Waals surface area contributed by atoms with Crippen molar-refractivity contribution in [3.63, 3.8) is 0 Å². The topological polar surface area (TPSA) is 75.7 Å². The molecule has 1 amide bonds. The third kappa shape index (κ3) is 4.11. The lowest BCUT2D eigenvalue weighted by atomic mass is 10.0. The summed E-state index contributed by atoms with van der Waals surface area (Å²) in [7, 11) is -3.99. The molecule has 8 heteroatoms. The van der Waals surface area contributed by atoms with Crippen molar-refractivity contribution in [2.24, 2.45) is 0 Å². The van der Waals surface area contributed by atoms with Crippen molar-refractivity contribution in [2.45, 2.75) is 24.8 Å². The molecule has 0 spiro atoms. The molecule has 3 aromatic rings. The number of benzene rings is 3. The molecule has 0 saturated heterocycles. The average molecular weight is 440 g/mol. The van der Waals surface area contributed by atoms with E-state index in [2.05, 4.69) is 5.32 Å². The molecule has 6 nitrogen and oxygen atoms in total. The van der Waals surface area contributed by atoms with E-state index >= 15 is 0 Å². The van der Waals surface area contributed by atoms with Gasteiger partial charge in [-0.05, 0) is 62.4 Å². The maximum absolute atomic E-state index is 13.9. The Bertz CT molecular complexity index is 1240. The van der Waals surface area contributed by atoms with E-state index in [0.29, 0.717) is 22.6 Å². The van der Waals surface area contributed by atoms with Crippen LogP contribution in [0.3, 0.4) is 0 Å². The van der Waals surface area contributed by atoms with E-state index in [1.807, 2.05) is 13.8 Å². The third-order valence-electron chi connectivity index (χ3n) is 4.77. The molecule has 0 radical (unpaired) electrons. The Morgan fingerprint density at radius 2 is 1.74 bits per heavy atom. The molecule has 4 rings (SSSR count). The van der Waals surface area contributed by atoms with Crippen LogP contribution in [-0.4, -0.2) is 27.0 Å². The van der Waals surface area contributed by atoms with Gasteiger partial charge in [0.15, 0.2) is 0 Å². The number of sulfonamides is 1. The summed E-state index contributed by atoms with van der Waals surface area (Å²) in [4.78, 5) is 12.7. The van der Waals surface area contributed by atoms with Crippen LogP contribution in [0, 0.1) is 5.82 Å². The fourth-order valence-corrected chi connectivity index (χ4v) is 5.14. The molecular formula is C23H21FN2O4S. The van der Waals surface area contributed by atoms with Crippen LogP contribution in [0.2, 0.25) is 0 Å². The van der Waals surface area contributed by atoms with Crippen LogP contribution in [0.15, 0.2) is 71.6 Å². The number of fused-ring (bicyclic) bond motifs is 3. The van der Waals surface area contributed by atoms with Gasteiger partial charge in [0.25, 0.3) is 10.0 Å². The van der Waals surface area contributed by atoms with Crippen LogP contribution >= 0.6 is 0 Å². The van der Waals surface area contributed by atoms with Crippen molar-refractivity contribution < 1.29 is 22.3 Å². The van der Waals surface area contributed by atoms with Crippen LogP contribution in [-0.2, 0) is 14.8 Å². The van der Waals surface area contributed by atoms with E-state index in [-0.39, 0.29) is 16.7 Å². The Hall–Kier alpha value is -3.39. The predicted molar refractivity (Wildman–Crippen MR) is 117 cm³/mol. The molecule has 0 atom stereocenters. The number of halogens is 1. The molecule has 0 fully saturated rings. The van der Waals surface area contributed by atoms with Gasteiger partial charge in [0, 0.05) is 16.8 Å². The van der Waals surface area contributed by atoms with Crippen molar-refractivity contribution in [3.05, 3.63) is 72.5 Å². The monoisotopic (exact) mass is 440 g/mol. The Kier molecular flexibility index (Phi) is 5.41. The normalized spacial score (nSPS) is 14.0. The third-order valence-corrected chi connectivity index (χ3v) is 6.59. The first-order chi connectivity index (χ1) is 14.8. The Balaban J connectivity index is 1.61. The zero-order valence-electron chi connectivity index (χ0n) is 17.0. The molecular weight excluding hydrogens is 419 g/mol. The maximum atomic E-state index is 13.9. The van der Waals surface area contributed by atoms with Gasteiger partial charge in [0.05, 0.1) is 16.7 Å². The first kappa shape index (κ1) is 20.9. The number of anilines is 2. The van der Waals surface area contributed by atoms with Gasteiger partial charge in [0.1, 0.15) is 18.1 Å². The summed E-state index contributed by atoms with van der Waals surface area (Å²) in [5.41, 5.74) is 1.61. The largest absolute Gasteiger partial charge is 0.491 e. The molecule has 31 heavy (non-hydrogen) atoms. The van der Waals surface area contributed by atoms with Crippen molar-refractivity contribution in [2.75, 3.05) is 16.2 Å². The van der Waals surface area contributed by atoms with Crippen LogP contribution in [0.25, 0.3) is 11.1 Å². The number of hydrogen-bond donors (Lipinski definition) is 1. The number of amides is 1. The second kappa shape index (κ2) is 8.03. The quantitative estimate of drug-likeness (QED) is 0.637. The van der Waals surface area contributed by atoms with E-state index < -0.39 is 28.3 Å². The van der Waals surface area contributed by atoms with Gasteiger partial charge in [-0.1, -0.05) is 18.2 Å². The number of ether oxygens (including phenoxy) is 1. The molecule has 3 aromatic carbocycles. The SMILES string of the molecule is CC(C)Oc1ccc(NC(=O)CN2c3ccc(F)cc3-c3ccccc3S2(=O)=O)cc1. The summed E-state index contributed by atoms with van der Waals surface area (Å²) in [6.45, 7) is 3.38. The Morgan fingerprint density at radius 1 is 1.03 bits per heavy atom. The van der Waals surface area contributed by atoms with Crippen molar-refractivity contribution in [1.82, 2.24) is 0 Å². The highest BCUT2D eigenvalue weighted by Crippen LogP contribution is 2.43. The molecule has 1 aliphatic rings. The van der Waals surface area contributed by atoms with Gasteiger partial charge in [-0.3, -0.25) is 9.10 Å². The van der Waals surface area contributed by atoms with Crippen molar-refractivity contribution >= 4 is 27.3 Å². The number of nitrogens with zero attached hydrogens (tertiary/aromatic N) is 1. The predicted octanol–water partition coefficient (Wildman–Crippen LogP) is 4.43. The lowest BCUT2D eigenvalue weighted by Gasteiger charge is -2.31. The first-order valence-corrected chi connectivity index (χ1v) is 11.2. The van der Waals surface area contributed by atoms with Gasteiger partial charge in [-0.15, -0.1) is 0 Å². The highest BCUT2D eigenvalue weighted by molar-refractivity contribution is 7.93. The molecule has 0 unspecified atom stereocenters. The van der Waals surface area contributed by atoms with Crippen LogP contribution in [0.5, 0.6) is 5.75 Å². The molecule has 0 aromatic heterocycles. The van der Waals surface area contributed by atoms with Gasteiger partial charge < -0.3 is 10.1 Å². The second-order valence-corrected chi connectivity index (χ2v) is 9.24. The summed E-state index contributed by atoms with van der Waals surface area (Å²) in [5.74, 6) is -0.337. The van der Waals surface area contributed by atoms with E-state index in [9.17, 15) is 17.6 Å².